The second kappa shape index (κ2) is 14.4. The SMILES string of the molecule is C1=CC(c2ccc3c(c2)-c2cc4c(cc2CN3c2ccc(-c3ccccc3)cc2)CN(c2ccc(-c3ccccc3)cc2)c2ccc(-c3ccccc3)cc2-4)=CCC1. The summed E-state index contributed by atoms with van der Waals surface area (Å²) in [6, 6.07) is 69.5. The van der Waals surface area contributed by atoms with E-state index in [1.54, 1.807) is 0 Å². The summed E-state index contributed by atoms with van der Waals surface area (Å²) in [6.07, 6.45) is 9.18. The van der Waals surface area contributed by atoms with Crippen LogP contribution in [0.1, 0.15) is 29.5 Å². The van der Waals surface area contributed by atoms with E-state index in [-0.39, 0.29) is 0 Å². The van der Waals surface area contributed by atoms with Crippen molar-refractivity contribution in [2.75, 3.05) is 9.80 Å². The number of allylic oxidation sites excluding steroid dienone is 4. The van der Waals surface area contributed by atoms with Crippen LogP contribution in [0.5, 0.6) is 0 Å². The van der Waals surface area contributed by atoms with Crippen molar-refractivity contribution >= 4 is 28.3 Å². The van der Waals surface area contributed by atoms with Crippen LogP contribution in [0.25, 0.3) is 61.2 Å². The van der Waals surface area contributed by atoms with Crippen LogP contribution < -0.4 is 9.80 Å². The van der Waals surface area contributed by atoms with Gasteiger partial charge in [-0.15, -0.1) is 0 Å². The van der Waals surface area contributed by atoms with Gasteiger partial charge in [0.15, 0.2) is 0 Å². The average Bonchev–Trinajstić information content (AvgIpc) is 3.31. The number of hydrogen-bond acceptors (Lipinski definition) is 2. The number of rotatable bonds is 6. The molecule has 0 spiro atoms. The van der Waals surface area contributed by atoms with Crippen LogP contribution in [0.2, 0.25) is 0 Å². The molecule has 8 aromatic rings. The fourth-order valence-electron chi connectivity index (χ4n) is 9.15. The maximum absolute atomic E-state index is 2.51. The highest BCUT2D eigenvalue weighted by molar-refractivity contribution is 5.96. The number of benzene rings is 8. The number of nitrogens with zero attached hydrogens (tertiary/aromatic N) is 2. The molecule has 0 aromatic heterocycles. The van der Waals surface area contributed by atoms with Crippen molar-refractivity contribution < 1.29 is 0 Å². The molecule has 1 aliphatic carbocycles. The summed E-state index contributed by atoms with van der Waals surface area (Å²) in [5.74, 6) is 0. The second-order valence-corrected chi connectivity index (χ2v) is 15.6. The zero-order valence-corrected chi connectivity index (χ0v) is 32.4. The van der Waals surface area contributed by atoms with Gasteiger partial charge in [-0.25, -0.2) is 0 Å². The minimum absolute atomic E-state index is 0.793. The molecule has 276 valence electrons. The zero-order chi connectivity index (χ0) is 38.4. The number of hydrogen-bond donors (Lipinski definition) is 0. The average molecular weight is 743 g/mol. The van der Waals surface area contributed by atoms with Crippen molar-refractivity contribution in [2.24, 2.45) is 0 Å². The van der Waals surface area contributed by atoms with Gasteiger partial charge in [0.25, 0.3) is 0 Å². The van der Waals surface area contributed by atoms with Crippen LogP contribution in [0, 0.1) is 0 Å². The van der Waals surface area contributed by atoms with E-state index in [1.807, 2.05) is 0 Å². The van der Waals surface area contributed by atoms with Crippen LogP contribution in [0.4, 0.5) is 22.7 Å². The molecule has 0 unspecified atom stereocenters. The van der Waals surface area contributed by atoms with Gasteiger partial charge >= 0.3 is 0 Å². The number of fused-ring (bicyclic) bond motifs is 6. The Bertz CT molecular complexity index is 2850. The van der Waals surface area contributed by atoms with Crippen molar-refractivity contribution in [2.45, 2.75) is 25.9 Å². The van der Waals surface area contributed by atoms with Gasteiger partial charge in [0.1, 0.15) is 0 Å². The van der Waals surface area contributed by atoms with Gasteiger partial charge in [0.05, 0.1) is 0 Å². The Morgan fingerprint density at radius 3 is 1.24 bits per heavy atom. The minimum Gasteiger partial charge on any atom is -0.336 e. The standard InChI is InChI=1S/C56H42N2/c1-5-13-39(14-6-1)43-21-27-49(28-22-43)57-37-47-33-48-38-58(50-29-23-44(24-30-50)40-15-7-2-8-16-40)56-32-26-46(42-19-11-4-12-20-42)35-54(56)52(48)36-51(47)53-34-45(25-31-55(53)57)41-17-9-3-10-18-41/h1-3,5-11,13-36H,4,12,37-38H2. The van der Waals surface area contributed by atoms with E-state index in [0.717, 1.165) is 25.9 Å². The third-order valence-electron chi connectivity index (χ3n) is 12.1. The first-order valence-electron chi connectivity index (χ1n) is 20.5. The van der Waals surface area contributed by atoms with Crippen molar-refractivity contribution in [3.05, 3.63) is 223 Å². The van der Waals surface area contributed by atoms with E-state index in [2.05, 4.69) is 216 Å². The molecule has 0 amide bonds. The lowest BCUT2D eigenvalue weighted by Gasteiger charge is -2.37. The maximum atomic E-state index is 2.51. The van der Waals surface area contributed by atoms with E-state index in [1.165, 1.54) is 101 Å². The highest BCUT2D eigenvalue weighted by Gasteiger charge is 2.30. The lowest BCUT2D eigenvalue weighted by atomic mass is 9.83. The highest BCUT2D eigenvalue weighted by atomic mass is 15.2. The minimum atomic E-state index is 0.793. The lowest BCUT2D eigenvalue weighted by molar-refractivity contribution is 0.929. The van der Waals surface area contributed by atoms with E-state index in [9.17, 15) is 0 Å². The van der Waals surface area contributed by atoms with Gasteiger partial charge in [-0.2, -0.15) is 0 Å². The summed E-state index contributed by atoms with van der Waals surface area (Å²) in [6.45, 7) is 1.59. The normalized spacial score (nSPS) is 13.9. The third kappa shape index (κ3) is 6.15. The molecule has 0 atom stereocenters. The van der Waals surface area contributed by atoms with Gasteiger partial charge in [0.2, 0.25) is 0 Å². The molecule has 8 aromatic carbocycles. The largest absolute Gasteiger partial charge is 0.336 e. The monoisotopic (exact) mass is 742 g/mol. The summed E-state index contributed by atoms with van der Waals surface area (Å²) < 4.78 is 0. The molecule has 0 fully saturated rings. The predicted octanol–water partition coefficient (Wildman–Crippen LogP) is 15.1. The zero-order valence-electron chi connectivity index (χ0n) is 32.4. The lowest BCUT2D eigenvalue weighted by Crippen LogP contribution is -2.25. The summed E-state index contributed by atoms with van der Waals surface area (Å²) in [4.78, 5) is 5.02. The molecule has 3 aliphatic rings. The first kappa shape index (κ1) is 34.1. The van der Waals surface area contributed by atoms with Crippen LogP contribution in [-0.4, -0.2) is 0 Å². The Hall–Kier alpha value is -7.16. The highest BCUT2D eigenvalue weighted by Crippen LogP contribution is 2.50. The Morgan fingerprint density at radius 2 is 0.759 bits per heavy atom. The van der Waals surface area contributed by atoms with Crippen LogP contribution >= 0.6 is 0 Å². The molecule has 0 radical (unpaired) electrons. The summed E-state index contributed by atoms with van der Waals surface area (Å²) in [5.41, 5.74) is 22.7. The topological polar surface area (TPSA) is 6.48 Å². The molecule has 2 nitrogen and oxygen atoms in total. The smallest absolute Gasteiger partial charge is 0.0494 e. The fraction of sp³-hybridized carbons (Fsp3) is 0.0714. The molecule has 58 heavy (non-hydrogen) atoms. The molecule has 11 rings (SSSR count). The Kier molecular flexibility index (Phi) is 8.47. The van der Waals surface area contributed by atoms with E-state index in [4.69, 9.17) is 0 Å². The first-order chi connectivity index (χ1) is 28.7. The summed E-state index contributed by atoms with van der Waals surface area (Å²) in [5, 5.41) is 0. The van der Waals surface area contributed by atoms with Crippen molar-refractivity contribution in [3.8, 4) is 55.6 Å². The van der Waals surface area contributed by atoms with Gasteiger partial charge in [-0.3, -0.25) is 0 Å². The Balaban J connectivity index is 1.06. The molecular formula is C56H42N2. The molecule has 2 heterocycles. The quantitative estimate of drug-likeness (QED) is 0.167. The molecule has 2 heteroatoms. The van der Waals surface area contributed by atoms with Crippen LogP contribution in [-0.2, 0) is 13.1 Å². The molecular weight excluding hydrogens is 701 g/mol. The Labute approximate surface area is 341 Å². The van der Waals surface area contributed by atoms with E-state index >= 15 is 0 Å². The van der Waals surface area contributed by atoms with E-state index < -0.39 is 0 Å². The van der Waals surface area contributed by atoms with E-state index in [0.29, 0.717) is 0 Å². The van der Waals surface area contributed by atoms with Crippen molar-refractivity contribution in [3.63, 3.8) is 0 Å². The Morgan fingerprint density at radius 1 is 0.328 bits per heavy atom. The third-order valence-corrected chi connectivity index (χ3v) is 12.1. The van der Waals surface area contributed by atoms with Crippen LogP contribution in [0.15, 0.2) is 206 Å². The van der Waals surface area contributed by atoms with Gasteiger partial charge in [-0.05, 0) is 134 Å². The number of anilines is 4. The summed E-state index contributed by atoms with van der Waals surface area (Å²) >= 11 is 0. The second-order valence-electron chi connectivity index (χ2n) is 15.6. The molecule has 0 saturated heterocycles. The van der Waals surface area contributed by atoms with Crippen molar-refractivity contribution in [1.29, 1.82) is 0 Å². The van der Waals surface area contributed by atoms with Crippen LogP contribution in [0.3, 0.4) is 0 Å². The first-order valence-corrected chi connectivity index (χ1v) is 20.5. The molecule has 0 saturated carbocycles. The summed E-state index contributed by atoms with van der Waals surface area (Å²) in [7, 11) is 0. The molecule has 0 bridgehead atoms. The predicted molar refractivity (Wildman–Crippen MR) is 245 cm³/mol. The fourth-order valence-corrected chi connectivity index (χ4v) is 9.15. The van der Waals surface area contributed by atoms with Gasteiger partial charge in [0, 0.05) is 47.0 Å². The molecule has 0 N–H and O–H groups in total. The van der Waals surface area contributed by atoms with Crippen molar-refractivity contribution in [1.82, 2.24) is 0 Å². The van der Waals surface area contributed by atoms with Gasteiger partial charge < -0.3 is 9.80 Å². The molecule has 2 aliphatic heterocycles. The maximum Gasteiger partial charge on any atom is 0.0494 e. The van der Waals surface area contributed by atoms with Gasteiger partial charge in [-0.1, -0.05) is 152 Å².